The van der Waals surface area contributed by atoms with E-state index in [0.29, 0.717) is 22.9 Å². The normalized spacial score (nSPS) is 11.9. The van der Waals surface area contributed by atoms with E-state index in [9.17, 15) is 18.0 Å². The molecule has 1 atom stereocenters. The lowest BCUT2D eigenvalue weighted by Crippen LogP contribution is -2.45. The van der Waals surface area contributed by atoms with Crippen LogP contribution >= 0.6 is 11.6 Å². The zero-order valence-electron chi connectivity index (χ0n) is 21.1. The molecule has 1 amide bonds. The average molecular weight is 563 g/mol. The molecule has 0 radical (unpaired) electrons. The summed E-state index contributed by atoms with van der Waals surface area (Å²) >= 11 is 6.18. The van der Waals surface area contributed by atoms with Crippen molar-refractivity contribution in [3.05, 3.63) is 125 Å². The number of ether oxygens (including phenoxy) is 1. The largest absolute Gasteiger partial charge is 0.494 e. The van der Waals surface area contributed by atoms with Crippen LogP contribution in [-0.2, 0) is 21.2 Å². The van der Waals surface area contributed by atoms with Crippen LogP contribution < -0.4 is 14.8 Å². The zero-order valence-corrected chi connectivity index (χ0v) is 22.7. The first-order chi connectivity index (χ1) is 18.8. The van der Waals surface area contributed by atoms with Crippen molar-refractivity contribution < 1.29 is 22.7 Å². The van der Waals surface area contributed by atoms with Gasteiger partial charge in [0.1, 0.15) is 11.8 Å². The topological polar surface area (TPSA) is 102 Å². The minimum Gasteiger partial charge on any atom is -0.494 e. The highest BCUT2D eigenvalue weighted by Crippen LogP contribution is 2.25. The van der Waals surface area contributed by atoms with Crippen molar-refractivity contribution in [2.24, 2.45) is 0 Å². The zero-order chi connectivity index (χ0) is 27.8. The number of hydrogen-bond donors (Lipinski definition) is 2. The highest BCUT2D eigenvalue weighted by Gasteiger charge is 2.27. The van der Waals surface area contributed by atoms with Gasteiger partial charge in [0.05, 0.1) is 17.2 Å². The molecule has 2 N–H and O–H groups in total. The van der Waals surface area contributed by atoms with Gasteiger partial charge in [-0.15, -0.1) is 0 Å². The van der Waals surface area contributed by atoms with Crippen LogP contribution in [0.15, 0.2) is 108 Å². The minimum atomic E-state index is -4.08. The molecular formula is C30H27ClN2O5S. The number of benzene rings is 4. The Labute approximate surface area is 232 Å². The van der Waals surface area contributed by atoms with Crippen molar-refractivity contribution >= 4 is 39.0 Å². The van der Waals surface area contributed by atoms with Crippen LogP contribution in [-0.4, -0.2) is 32.8 Å². The molecule has 0 saturated heterocycles. The van der Waals surface area contributed by atoms with Crippen molar-refractivity contribution in [1.82, 2.24) is 4.72 Å². The van der Waals surface area contributed by atoms with Gasteiger partial charge in [-0.3, -0.25) is 9.59 Å². The Morgan fingerprint density at radius 3 is 2.15 bits per heavy atom. The van der Waals surface area contributed by atoms with E-state index < -0.39 is 22.0 Å². The third-order valence-corrected chi connectivity index (χ3v) is 7.58. The molecule has 0 saturated carbocycles. The number of nitrogens with one attached hydrogen (secondary N) is 2. The molecule has 39 heavy (non-hydrogen) atoms. The number of sulfonamides is 1. The number of carbonyl (C=O) groups is 2. The van der Waals surface area contributed by atoms with Crippen LogP contribution in [0.2, 0.25) is 5.02 Å². The predicted molar refractivity (Wildman–Crippen MR) is 152 cm³/mol. The third-order valence-electron chi connectivity index (χ3n) is 5.86. The van der Waals surface area contributed by atoms with E-state index in [1.54, 1.807) is 72.8 Å². The molecule has 9 heteroatoms. The summed E-state index contributed by atoms with van der Waals surface area (Å²) in [6.45, 7) is 2.28. The van der Waals surface area contributed by atoms with Crippen molar-refractivity contribution in [3.63, 3.8) is 0 Å². The van der Waals surface area contributed by atoms with Crippen LogP contribution in [0.3, 0.4) is 0 Å². The fourth-order valence-corrected chi connectivity index (χ4v) is 5.32. The summed E-state index contributed by atoms with van der Waals surface area (Å²) in [7, 11) is -4.08. The van der Waals surface area contributed by atoms with E-state index in [2.05, 4.69) is 10.0 Å². The molecule has 0 spiro atoms. The lowest BCUT2D eigenvalue weighted by atomic mass is 10.0. The monoisotopic (exact) mass is 562 g/mol. The van der Waals surface area contributed by atoms with E-state index in [1.165, 1.54) is 24.3 Å². The Balaban J connectivity index is 1.63. The number of halogens is 1. The SMILES string of the molecule is CCOc1ccc(S(=O)(=O)N[C@@H](Cc2ccccc2)C(=O)Nc2ccc(Cl)cc2C(=O)c2ccccc2)cc1. The lowest BCUT2D eigenvalue weighted by Gasteiger charge is -2.20. The van der Waals surface area contributed by atoms with Gasteiger partial charge in [0.15, 0.2) is 5.78 Å². The maximum absolute atomic E-state index is 13.6. The number of rotatable bonds is 11. The molecule has 4 rings (SSSR count). The summed E-state index contributed by atoms with van der Waals surface area (Å²) in [6.07, 6.45) is 0.0818. The Hall–Kier alpha value is -3.98. The molecule has 4 aromatic rings. The van der Waals surface area contributed by atoms with Gasteiger partial charge in [0, 0.05) is 16.1 Å². The first-order valence-corrected chi connectivity index (χ1v) is 14.1. The number of hydrogen-bond acceptors (Lipinski definition) is 5. The quantitative estimate of drug-likeness (QED) is 0.235. The molecule has 0 aromatic heterocycles. The van der Waals surface area contributed by atoms with E-state index >= 15 is 0 Å². The molecule has 7 nitrogen and oxygen atoms in total. The fraction of sp³-hybridized carbons (Fsp3) is 0.133. The standard InChI is InChI=1S/C30H27ClN2O5S/c1-2-38-24-14-16-25(17-15-24)39(36,37)33-28(19-21-9-5-3-6-10-21)30(35)32-27-18-13-23(31)20-26(27)29(34)22-11-7-4-8-12-22/h3-18,20,28,33H,2,19H2,1H3,(H,32,35)/t28-/m0/s1. The molecule has 0 unspecified atom stereocenters. The van der Waals surface area contributed by atoms with Gasteiger partial charge in [0.25, 0.3) is 0 Å². The number of carbonyl (C=O) groups excluding carboxylic acids is 2. The molecule has 0 bridgehead atoms. The summed E-state index contributed by atoms with van der Waals surface area (Å²) in [6, 6.07) is 27.0. The van der Waals surface area contributed by atoms with Gasteiger partial charge in [-0.2, -0.15) is 4.72 Å². The molecule has 0 aliphatic rings. The molecular weight excluding hydrogens is 536 g/mol. The predicted octanol–water partition coefficient (Wildman–Crippen LogP) is 5.50. The number of anilines is 1. The van der Waals surface area contributed by atoms with Crippen LogP contribution in [0, 0.1) is 0 Å². The van der Waals surface area contributed by atoms with Crippen molar-refractivity contribution in [3.8, 4) is 5.75 Å². The Bertz CT molecular complexity index is 1540. The van der Waals surface area contributed by atoms with E-state index in [0.717, 1.165) is 5.56 Å². The highest BCUT2D eigenvalue weighted by molar-refractivity contribution is 7.89. The van der Waals surface area contributed by atoms with Gasteiger partial charge in [-0.05, 0) is 61.4 Å². The second kappa shape index (κ2) is 12.7. The van der Waals surface area contributed by atoms with Crippen LogP contribution in [0.1, 0.15) is 28.4 Å². The van der Waals surface area contributed by atoms with Crippen LogP contribution in [0.5, 0.6) is 5.75 Å². The third kappa shape index (κ3) is 7.32. The smallest absolute Gasteiger partial charge is 0.242 e. The summed E-state index contributed by atoms with van der Waals surface area (Å²) < 4.78 is 34.4. The molecule has 4 aromatic carbocycles. The molecule has 0 fully saturated rings. The van der Waals surface area contributed by atoms with Gasteiger partial charge < -0.3 is 10.1 Å². The molecule has 0 heterocycles. The first-order valence-electron chi connectivity index (χ1n) is 12.3. The second-order valence-corrected chi connectivity index (χ2v) is 10.8. The molecule has 0 aliphatic heterocycles. The summed E-state index contributed by atoms with van der Waals surface area (Å²) in [5, 5.41) is 3.07. The van der Waals surface area contributed by atoms with Crippen molar-refractivity contribution in [1.29, 1.82) is 0 Å². The molecule has 0 aliphatic carbocycles. The Morgan fingerprint density at radius 1 is 0.872 bits per heavy atom. The minimum absolute atomic E-state index is 0.0109. The fourth-order valence-electron chi connectivity index (χ4n) is 3.95. The van der Waals surface area contributed by atoms with Crippen molar-refractivity contribution in [2.75, 3.05) is 11.9 Å². The van der Waals surface area contributed by atoms with Gasteiger partial charge >= 0.3 is 0 Å². The van der Waals surface area contributed by atoms with Gasteiger partial charge in [-0.1, -0.05) is 72.3 Å². The van der Waals surface area contributed by atoms with E-state index in [1.807, 2.05) is 13.0 Å². The summed E-state index contributed by atoms with van der Waals surface area (Å²) in [4.78, 5) is 26.8. The van der Waals surface area contributed by atoms with Crippen LogP contribution in [0.25, 0.3) is 0 Å². The number of amides is 1. The first kappa shape index (κ1) is 28.0. The van der Waals surface area contributed by atoms with Gasteiger partial charge in [0.2, 0.25) is 15.9 Å². The maximum atomic E-state index is 13.6. The maximum Gasteiger partial charge on any atom is 0.242 e. The van der Waals surface area contributed by atoms with E-state index in [4.69, 9.17) is 16.3 Å². The second-order valence-electron chi connectivity index (χ2n) is 8.64. The number of ketones is 1. The van der Waals surface area contributed by atoms with E-state index in [-0.39, 0.29) is 28.4 Å². The Morgan fingerprint density at radius 2 is 1.51 bits per heavy atom. The Kier molecular flexibility index (Phi) is 9.14. The van der Waals surface area contributed by atoms with Crippen LogP contribution in [0.4, 0.5) is 5.69 Å². The summed E-state index contributed by atoms with van der Waals surface area (Å²) in [5.41, 5.74) is 1.59. The van der Waals surface area contributed by atoms with Gasteiger partial charge in [-0.25, -0.2) is 8.42 Å². The highest BCUT2D eigenvalue weighted by atomic mass is 35.5. The molecule has 200 valence electrons. The van der Waals surface area contributed by atoms with Crippen molar-refractivity contribution in [2.45, 2.75) is 24.3 Å². The summed E-state index contributed by atoms with van der Waals surface area (Å²) in [5.74, 6) is -0.422. The average Bonchev–Trinajstić information content (AvgIpc) is 2.94. The lowest BCUT2D eigenvalue weighted by molar-refractivity contribution is -0.117.